The Kier molecular flexibility index (Phi) is 16.1. The molecule has 0 atom stereocenters. The largest absolute Gasteiger partial charge is 0.466 e. The molecule has 0 aliphatic carbocycles. The number of carbonyl (C=O) groups is 1. The molecule has 0 aromatic heterocycles. The Morgan fingerprint density at radius 2 is 1.60 bits per heavy atom. The second-order valence-electron chi connectivity index (χ2n) is 3.47. The highest BCUT2D eigenvalue weighted by Gasteiger charge is 2.00. The van der Waals surface area contributed by atoms with Crippen molar-refractivity contribution in [3.8, 4) is 0 Å². The molecule has 4 heteroatoms. The van der Waals surface area contributed by atoms with Gasteiger partial charge in [0.2, 0.25) is 0 Å². The normalized spacial score (nSPS) is 9.47. The number of esters is 1. The van der Waals surface area contributed by atoms with Gasteiger partial charge in [-0.25, -0.2) is 0 Å². The number of ether oxygens (including phenoxy) is 1. The minimum atomic E-state index is -0.0607. The van der Waals surface area contributed by atoms with Crippen LogP contribution in [0.3, 0.4) is 0 Å². The molecule has 0 aliphatic heterocycles. The number of hydrogen-bond acceptors (Lipinski definition) is 3. The Morgan fingerprint density at radius 3 is 2.13 bits per heavy atom. The molecule has 3 nitrogen and oxygen atoms in total. The molecule has 0 bridgehead atoms. The average molecular weight is 282 g/mol. The zero-order valence-corrected chi connectivity index (χ0v) is 11.4. The van der Waals surface area contributed by atoms with Crippen LogP contribution in [-0.4, -0.2) is 19.1 Å². The summed E-state index contributed by atoms with van der Waals surface area (Å²) < 4.78 is 4.83. The van der Waals surface area contributed by atoms with Crippen molar-refractivity contribution in [1.29, 1.82) is 0 Å². The summed E-state index contributed by atoms with van der Waals surface area (Å²) in [6.45, 7) is 3.13. The highest BCUT2D eigenvalue weighted by Crippen LogP contribution is 2.07. The van der Waals surface area contributed by atoms with Crippen molar-refractivity contribution in [3.63, 3.8) is 0 Å². The van der Waals surface area contributed by atoms with E-state index in [1.165, 1.54) is 19.3 Å². The fraction of sp³-hybridized carbons (Fsp3) is 0.909. The molecule has 0 fully saturated rings. The summed E-state index contributed by atoms with van der Waals surface area (Å²) in [5.74, 6) is -0.0607. The molecule has 0 spiro atoms. The highest BCUT2D eigenvalue weighted by atomic mass is 79.9. The van der Waals surface area contributed by atoms with Crippen molar-refractivity contribution in [2.75, 3.05) is 13.2 Å². The van der Waals surface area contributed by atoms with Gasteiger partial charge in [0.1, 0.15) is 0 Å². The predicted molar refractivity (Wildman–Crippen MR) is 68.3 cm³/mol. The molecule has 0 radical (unpaired) electrons. The zero-order chi connectivity index (χ0) is 10.6. The van der Waals surface area contributed by atoms with Crippen molar-refractivity contribution < 1.29 is 9.53 Å². The molecule has 0 unspecified atom stereocenters. The molecular weight excluding hydrogens is 258 g/mol. The van der Waals surface area contributed by atoms with Gasteiger partial charge in [0.15, 0.2) is 0 Å². The van der Waals surface area contributed by atoms with Crippen LogP contribution in [0, 0.1) is 0 Å². The summed E-state index contributed by atoms with van der Waals surface area (Å²) in [6.07, 6.45) is 7.45. The number of nitrogens with two attached hydrogens (primary N) is 1. The molecule has 0 heterocycles. The summed E-state index contributed by atoms with van der Waals surface area (Å²) in [5.41, 5.74) is 5.38. The Hall–Kier alpha value is -0.0900. The fourth-order valence-corrected chi connectivity index (χ4v) is 1.35. The fourth-order valence-electron chi connectivity index (χ4n) is 1.35. The third kappa shape index (κ3) is 13.9. The van der Waals surface area contributed by atoms with E-state index in [2.05, 4.69) is 0 Å². The van der Waals surface area contributed by atoms with Crippen molar-refractivity contribution >= 4 is 23.0 Å². The maximum absolute atomic E-state index is 10.9. The monoisotopic (exact) mass is 281 g/mol. The average Bonchev–Trinajstić information content (AvgIpc) is 2.17. The van der Waals surface area contributed by atoms with E-state index < -0.39 is 0 Å². The molecule has 0 saturated heterocycles. The Labute approximate surface area is 104 Å². The molecule has 15 heavy (non-hydrogen) atoms. The van der Waals surface area contributed by atoms with Gasteiger partial charge in [-0.1, -0.05) is 25.7 Å². The van der Waals surface area contributed by atoms with Crippen LogP contribution in [0.5, 0.6) is 0 Å². The number of hydrogen-bond donors (Lipinski definition) is 1. The second kappa shape index (κ2) is 13.9. The zero-order valence-electron chi connectivity index (χ0n) is 9.67. The van der Waals surface area contributed by atoms with Gasteiger partial charge in [-0.05, 0) is 26.3 Å². The third-order valence-corrected chi connectivity index (χ3v) is 2.14. The van der Waals surface area contributed by atoms with E-state index >= 15 is 0 Å². The molecule has 0 aromatic rings. The molecule has 0 aliphatic rings. The summed E-state index contributed by atoms with van der Waals surface area (Å²) >= 11 is 0. The SMILES string of the molecule is Br.CCOC(=O)CCCCCCCCN. The van der Waals surface area contributed by atoms with E-state index in [1.807, 2.05) is 6.92 Å². The van der Waals surface area contributed by atoms with Crippen LogP contribution in [0.2, 0.25) is 0 Å². The van der Waals surface area contributed by atoms with Crippen LogP contribution in [-0.2, 0) is 9.53 Å². The smallest absolute Gasteiger partial charge is 0.305 e. The van der Waals surface area contributed by atoms with Crippen LogP contribution >= 0.6 is 17.0 Å². The third-order valence-electron chi connectivity index (χ3n) is 2.14. The van der Waals surface area contributed by atoms with Crippen LogP contribution in [0.15, 0.2) is 0 Å². The molecule has 0 amide bonds. The van der Waals surface area contributed by atoms with E-state index in [-0.39, 0.29) is 23.0 Å². The minimum Gasteiger partial charge on any atom is -0.466 e. The Bertz CT molecular complexity index is 143. The molecule has 92 valence electrons. The van der Waals surface area contributed by atoms with Gasteiger partial charge in [0.05, 0.1) is 6.61 Å². The van der Waals surface area contributed by atoms with E-state index in [1.54, 1.807) is 0 Å². The maximum Gasteiger partial charge on any atom is 0.305 e. The van der Waals surface area contributed by atoms with Crippen LogP contribution < -0.4 is 5.73 Å². The molecule has 0 aromatic carbocycles. The Balaban J connectivity index is 0. The van der Waals surface area contributed by atoms with Crippen molar-refractivity contribution in [2.24, 2.45) is 5.73 Å². The first-order chi connectivity index (χ1) is 6.81. The molecule has 0 rings (SSSR count). The van der Waals surface area contributed by atoms with E-state index in [9.17, 15) is 4.79 Å². The number of unbranched alkanes of at least 4 members (excludes halogenated alkanes) is 5. The Morgan fingerprint density at radius 1 is 1.07 bits per heavy atom. The van der Waals surface area contributed by atoms with Gasteiger partial charge in [-0.15, -0.1) is 17.0 Å². The lowest BCUT2D eigenvalue weighted by molar-refractivity contribution is -0.143. The lowest BCUT2D eigenvalue weighted by atomic mass is 10.1. The summed E-state index contributed by atoms with van der Waals surface area (Å²) in [7, 11) is 0. The van der Waals surface area contributed by atoms with Gasteiger partial charge in [0, 0.05) is 6.42 Å². The van der Waals surface area contributed by atoms with Crippen molar-refractivity contribution in [3.05, 3.63) is 0 Å². The van der Waals surface area contributed by atoms with E-state index in [0.717, 1.165) is 25.8 Å². The first-order valence-corrected chi connectivity index (χ1v) is 5.67. The topological polar surface area (TPSA) is 52.3 Å². The minimum absolute atomic E-state index is 0. The van der Waals surface area contributed by atoms with Gasteiger partial charge < -0.3 is 10.5 Å². The highest BCUT2D eigenvalue weighted by molar-refractivity contribution is 8.93. The predicted octanol–water partition coefficient (Wildman–Crippen LogP) is 2.82. The van der Waals surface area contributed by atoms with Crippen LogP contribution in [0.1, 0.15) is 51.9 Å². The molecule has 2 N–H and O–H groups in total. The number of carbonyl (C=O) groups excluding carboxylic acids is 1. The van der Waals surface area contributed by atoms with Crippen molar-refractivity contribution in [1.82, 2.24) is 0 Å². The van der Waals surface area contributed by atoms with Crippen LogP contribution in [0.25, 0.3) is 0 Å². The quantitative estimate of drug-likeness (QED) is 0.522. The van der Waals surface area contributed by atoms with Crippen LogP contribution in [0.4, 0.5) is 0 Å². The van der Waals surface area contributed by atoms with Gasteiger partial charge in [-0.2, -0.15) is 0 Å². The van der Waals surface area contributed by atoms with Gasteiger partial charge in [-0.3, -0.25) is 4.79 Å². The molecule has 0 saturated carbocycles. The second-order valence-corrected chi connectivity index (χ2v) is 3.47. The first kappa shape index (κ1) is 17.3. The summed E-state index contributed by atoms with van der Waals surface area (Å²) in [4.78, 5) is 10.9. The number of rotatable bonds is 9. The van der Waals surface area contributed by atoms with E-state index in [0.29, 0.717) is 13.0 Å². The lowest BCUT2D eigenvalue weighted by Crippen LogP contribution is -2.03. The van der Waals surface area contributed by atoms with Gasteiger partial charge in [0.25, 0.3) is 0 Å². The molecular formula is C11H24BrNO2. The standard InChI is InChI=1S/C11H23NO2.BrH/c1-2-14-11(13)9-7-5-3-4-6-8-10-12;/h2-10,12H2,1H3;1H. The van der Waals surface area contributed by atoms with Gasteiger partial charge >= 0.3 is 5.97 Å². The number of halogens is 1. The lowest BCUT2D eigenvalue weighted by Gasteiger charge is -2.01. The summed E-state index contributed by atoms with van der Waals surface area (Å²) in [5, 5.41) is 0. The van der Waals surface area contributed by atoms with E-state index in [4.69, 9.17) is 10.5 Å². The van der Waals surface area contributed by atoms with Crippen molar-refractivity contribution in [2.45, 2.75) is 51.9 Å². The first-order valence-electron chi connectivity index (χ1n) is 5.67. The maximum atomic E-state index is 10.9. The summed E-state index contributed by atoms with van der Waals surface area (Å²) in [6, 6.07) is 0.